The van der Waals surface area contributed by atoms with Gasteiger partial charge in [-0.05, 0) is 32.4 Å². The Balaban J connectivity index is 1.57. The third-order valence-electron chi connectivity index (χ3n) is 6.60. The van der Waals surface area contributed by atoms with E-state index in [4.69, 9.17) is 4.74 Å². The molecule has 0 unspecified atom stereocenters. The molecule has 1 amide bonds. The standard InChI is InChI=1S/C25H28F2N6O2/c1-15-23(30-17-12-18(14-28-13-17)33-6-8-35-9-7-33)22-19(27)10-16(26)11-21(22)31-24(15)32(2)25(34)20-4-3-5-29-20/h10-14,20,29H,3-9H2,1-2H3,(H,30,31)/t20-/m0/s1. The summed E-state index contributed by atoms with van der Waals surface area (Å²) in [5, 5.41) is 6.64. The molecule has 2 N–H and O–H groups in total. The molecule has 4 heterocycles. The van der Waals surface area contributed by atoms with Crippen LogP contribution in [0.2, 0.25) is 0 Å². The lowest BCUT2D eigenvalue weighted by Gasteiger charge is -2.29. The van der Waals surface area contributed by atoms with Crippen molar-refractivity contribution in [2.45, 2.75) is 25.8 Å². The first-order valence-electron chi connectivity index (χ1n) is 11.8. The molecular weight excluding hydrogens is 454 g/mol. The van der Waals surface area contributed by atoms with Gasteiger partial charge in [0.05, 0.1) is 59.6 Å². The summed E-state index contributed by atoms with van der Waals surface area (Å²) in [6, 6.07) is 3.66. The van der Waals surface area contributed by atoms with Crippen molar-refractivity contribution >= 4 is 39.7 Å². The third-order valence-corrected chi connectivity index (χ3v) is 6.60. The summed E-state index contributed by atoms with van der Waals surface area (Å²) in [5.74, 6) is -1.24. The Morgan fingerprint density at radius 1 is 1.23 bits per heavy atom. The molecule has 2 fully saturated rings. The highest BCUT2D eigenvalue weighted by Crippen LogP contribution is 2.37. The van der Waals surface area contributed by atoms with Gasteiger partial charge in [0.15, 0.2) is 0 Å². The summed E-state index contributed by atoms with van der Waals surface area (Å²) in [5.41, 5.74) is 2.68. The van der Waals surface area contributed by atoms with Gasteiger partial charge in [-0.25, -0.2) is 13.8 Å². The fourth-order valence-corrected chi connectivity index (χ4v) is 4.74. The number of pyridine rings is 2. The van der Waals surface area contributed by atoms with Crippen molar-refractivity contribution in [1.82, 2.24) is 15.3 Å². The van der Waals surface area contributed by atoms with E-state index in [2.05, 4.69) is 25.5 Å². The molecule has 0 bridgehead atoms. The molecule has 35 heavy (non-hydrogen) atoms. The number of rotatable bonds is 5. The summed E-state index contributed by atoms with van der Waals surface area (Å²) < 4.78 is 34.6. The maximum Gasteiger partial charge on any atom is 0.245 e. The van der Waals surface area contributed by atoms with Crippen molar-refractivity contribution in [2.24, 2.45) is 0 Å². The van der Waals surface area contributed by atoms with Crippen LogP contribution in [0.4, 0.5) is 31.7 Å². The largest absolute Gasteiger partial charge is 0.378 e. The number of anilines is 4. The van der Waals surface area contributed by atoms with E-state index in [0.717, 1.165) is 44.2 Å². The van der Waals surface area contributed by atoms with E-state index >= 15 is 4.39 Å². The van der Waals surface area contributed by atoms with Crippen LogP contribution in [0.15, 0.2) is 30.6 Å². The maximum atomic E-state index is 15.0. The maximum absolute atomic E-state index is 15.0. The first-order valence-corrected chi connectivity index (χ1v) is 11.8. The molecule has 2 aliphatic rings. The minimum atomic E-state index is -0.731. The number of amides is 1. The lowest BCUT2D eigenvalue weighted by atomic mass is 10.1. The van der Waals surface area contributed by atoms with Gasteiger partial charge >= 0.3 is 0 Å². The number of hydrogen-bond acceptors (Lipinski definition) is 7. The highest BCUT2D eigenvalue weighted by molar-refractivity contribution is 6.02. The molecule has 2 saturated heterocycles. The van der Waals surface area contributed by atoms with Crippen LogP contribution in [0.1, 0.15) is 18.4 Å². The molecule has 2 aliphatic heterocycles. The van der Waals surface area contributed by atoms with Crippen LogP contribution >= 0.6 is 0 Å². The smallest absolute Gasteiger partial charge is 0.245 e. The Kier molecular flexibility index (Phi) is 6.48. The van der Waals surface area contributed by atoms with E-state index in [1.807, 2.05) is 6.07 Å². The number of ether oxygens (including phenoxy) is 1. The van der Waals surface area contributed by atoms with Crippen molar-refractivity contribution < 1.29 is 18.3 Å². The molecule has 2 aromatic heterocycles. The number of nitrogens with zero attached hydrogens (tertiary/aromatic N) is 4. The van der Waals surface area contributed by atoms with Crippen LogP contribution in [0.5, 0.6) is 0 Å². The van der Waals surface area contributed by atoms with Crippen LogP contribution in [0.25, 0.3) is 10.9 Å². The van der Waals surface area contributed by atoms with Crippen molar-refractivity contribution in [3.05, 3.63) is 47.8 Å². The van der Waals surface area contributed by atoms with Crippen LogP contribution in [-0.4, -0.2) is 61.8 Å². The lowest BCUT2D eigenvalue weighted by Crippen LogP contribution is -2.42. The number of aromatic nitrogens is 2. The minimum absolute atomic E-state index is 0.127. The molecule has 0 spiro atoms. The molecule has 8 nitrogen and oxygen atoms in total. The minimum Gasteiger partial charge on any atom is -0.378 e. The third kappa shape index (κ3) is 4.63. The highest BCUT2D eigenvalue weighted by Gasteiger charge is 2.28. The summed E-state index contributed by atoms with van der Waals surface area (Å²) in [7, 11) is 1.64. The first-order chi connectivity index (χ1) is 16.9. The van der Waals surface area contributed by atoms with Crippen LogP contribution in [-0.2, 0) is 9.53 Å². The highest BCUT2D eigenvalue weighted by atomic mass is 19.1. The van der Waals surface area contributed by atoms with Crippen LogP contribution < -0.4 is 20.4 Å². The second-order valence-electron chi connectivity index (χ2n) is 8.92. The van der Waals surface area contributed by atoms with E-state index in [9.17, 15) is 9.18 Å². The fraction of sp³-hybridized carbons (Fsp3) is 0.400. The van der Waals surface area contributed by atoms with Crippen LogP contribution in [0.3, 0.4) is 0 Å². The summed E-state index contributed by atoms with van der Waals surface area (Å²) in [4.78, 5) is 25.6. The number of hydrogen-bond donors (Lipinski definition) is 2. The van der Waals surface area contributed by atoms with Gasteiger partial charge in [0, 0.05) is 37.8 Å². The fourth-order valence-electron chi connectivity index (χ4n) is 4.74. The number of likely N-dealkylation sites (N-methyl/N-ethyl adjacent to an activating group) is 1. The number of benzene rings is 1. The number of fused-ring (bicyclic) bond motifs is 1. The van der Waals surface area contributed by atoms with Gasteiger partial charge in [-0.1, -0.05) is 0 Å². The predicted octanol–water partition coefficient (Wildman–Crippen LogP) is 3.51. The average molecular weight is 483 g/mol. The number of nitrogens with one attached hydrogen (secondary N) is 2. The molecule has 0 aliphatic carbocycles. The zero-order valence-corrected chi connectivity index (χ0v) is 19.8. The zero-order valence-electron chi connectivity index (χ0n) is 19.8. The Morgan fingerprint density at radius 3 is 2.77 bits per heavy atom. The summed E-state index contributed by atoms with van der Waals surface area (Å²) >= 11 is 0. The Morgan fingerprint density at radius 2 is 2.03 bits per heavy atom. The summed E-state index contributed by atoms with van der Waals surface area (Å²) in [6.45, 7) is 5.34. The molecule has 3 aromatic rings. The Bertz CT molecular complexity index is 1260. The number of morpholine rings is 1. The zero-order chi connectivity index (χ0) is 24.5. The monoisotopic (exact) mass is 482 g/mol. The van der Waals surface area contributed by atoms with Gasteiger partial charge in [-0.3, -0.25) is 14.7 Å². The second kappa shape index (κ2) is 9.71. The van der Waals surface area contributed by atoms with E-state index in [0.29, 0.717) is 36.0 Å². The molecule has 0 saturated carbocycles. The van der Waals surface area contributed by atoms with Gasteiger partial charge in [0.2, 0.25) is 5.91 Å². The van der Waals surface area contributed by atoms with Gasteiger partial charge in [0.1, 0.15) is 17.5 Å². The Labute approximate surface area is 202 Å². The van der Waals surface area contributed by atoms with Crippen molar-refractivity contribution in [2.75, 3.05) is 55.0 Å². The van der Waals surface area contributed by atoms with E-state index in [1.165, 1.54) is 11.0 Å². The van der Waals surface area contributed by atoms with Gasteiger partial charge < -0.3 is 20.3 Å². The SMILES string of the molecule is Cc1c(N(C)C(=O)[C@@H]2CCCN2)nc2cc(F)cc(F)c2c1Nc1cncc(N2CCOCC2)c1. The summed E-state index contributed by atoms with van der Waals surface area (Å²) in [6.07, 6.45) is 5.08. The molecule has 10 heteroatoms. The van der Waals surface area contributed by atoms with E-state index in [1.54, 1.807) is 26.4 Å². The van der Waals surface area contributed by atoms with E-state index in [-0.39, 0.29) is 22.9 Å². The molecule has 0 radical (unpaired) electrons. The quantitative estimate of drug-likeness (QED) is 0.576. The van der Waals surface area contributed by atoms with Gasteiger partial charge in [-0.15, -0.1) is 0 Å². The van der Waals surface area contributed by atoms with Crippen LogP contribution in [0, 0.1) is 18.6 Å². The normalized spacial score (nSPS) is 18.2. The number of carbonyl (C=O) groups is 1. The average Bonchev–Trinajstić information content (AvgIpc) is 3.40. The molecule has 1 atom stereocenters. The molecule has 5 rings (SSSR count). The molecule has 1 aromatic carbocycles. The van der Waals surface area contributed by atoms with Crippen molar-refractivity contribution in [3.63, 3.8) is 0 Å². The molecular formula is C25H28F2N6O2. The lowest BCUT2D eigenvalue weighted by molar-refractivity contribution is -0.120. The number of halogens is 2. The molecule has 184 valence electrons. The number of carbonyl (C=O) groups excluding carboxylic acids is 1. The Hall–Kier alpha value is -3.37. The van der Waals surface area contributed by atoms with Gasteiger partial charge in [-0.2, -0.15) is 0 Å². The van der Waals surface area contributed by atoms with Crippen molar-refractivity contribution in [1.29, 1.82) is 0 Å². The van der Waals surface area contributed by atoms with E-state index < -0.39 is 11.6 Å². The second-order valence-corrected chi connectivity index (χ2v) is 8.92. The predicted molar refractivity (Wildman–Crippen MR) is 131 cm³/mol. The first kappa shape index (κ1) is 23.4. The topological polar surface area (TPSA) is 82.6 Å². The van der Waals surface area contributed by atoms with Crippen molar-refractivity contribution in [3.8, 4) is 0 Å². The van der Waals surface area contributed by atoms with Gasteiger partial charge in [0.25, 0.3) is 0 Å².